The lowest BCUT2D eigenvalue weighted by molar-refractivity contribution is -0.139. The Morgan fingerprint density at radius 3 is 2.54 bits per heavy atom. The summed E-state index contributed by atoms with van der Waals surface area (Å²) in [6.45, 7) is 3.68. The Hall–Kier alpha value is -3.16. The summed E-state index contributed by atoms with van der Waals surface area (Å²) < 4.78 is 5.09. The van der Waals surface area contributed by atoms with E-state index in [1.54, 1.807) is 18.7 Å². The summed E-state index contributed by atoms with van der Waals surface area (Å²) in [6.07, 6.45) is 0.437. The highest BCUT2D eigenvalue weighted by atomic mass is 16.5. The molecule has 0 radical (unpaired) electrons. The lowest BCUT2D eigenvalue weighted by atomic mass is 9.92. The molecule has 3 heterocycles. The highest BCUT2D eigenvalue weighted by Gasteiger charge is 2.50. The molecule has 2 aliphatic rings. The number of aryl methyl sites for hydroxylation is 2. The van der Waals surface area contributed by atoms with Crippen LogP contribution >= 0.6 is 0 Å². The second-order valence-electron chi connectivity index (χ2n) is 7.44. The van der Waals surface area contributed by atoms with Crippen LogP contribution in [0.1, 0.15) is 39.8 Å². The molecule has 28 heavy (non-hydrogen) atoms. The van der Waals surface area contributed by atoms with Gasteiger partial charge < -0.3 is 20.1 Å². The summed E-state index contributed by atoms with van der Waals surface area (Å²) in [5.74, 6) is -0.942. The minimum Gasteiger partial charge on any atom is -0.369 e. The van der Waals surface area contributed by atoms with Gasteiger partial charge in [-0.25, -0.2) is 0 Å². The van der Waals surface area contributed by atoms with Crippen LogP contribution in [-0.2, 0) is 9.59 Å². The number of rotatable bonds is 3. The number of hydrogen-bond acceptors (Lipinski definition) is 5. The normalized spacial score (nSPS) is 24.4. The first-order chi connectivity index (χ1) is 13.4. The molecule has 1 aromatic carbocycles. The van der Waals surface area contributed by atoms with Crippen molar-refractivity contribution in [1.82, 2.24) is 15.0 Å². The van der Waals surface area contributed by atoms with E-state index in [1.807, 2.05) is 30.3 Å². The average Bonchev–Trinajstić information content (AvgIpc) is 3.22. The number of carbonyl (C=O) groups is 3. The minimum atomic E-state index is -0.481. The minimum absolute atomic E-state index is 0.0474. The Morgan fingerprint density at radius 1 is 1.21 bits per heavy atom. The third-order valence-electron chi connectivity index (χ3n) is 5.69. The highest BCUT2D eigenvalue weighted by molar-refractivity contribution is 5.99. The summed E-state index contributed by atoms with van der Waals surface area (Å²) >= 11 is 0. The molecule has 0 bridgehead atoms. The summed E-state index contributed by atoms with van der Waals surface area (Å²) in [4.78, 5) is 41.4. The molecular weight excluding hydrogens is 360 g/mol. The van der Waals surface area contributed by atoms with Crippen LogP contribution in [0.25, 0.3) is 0 Å². The number of fused-ring (bicyclic) bond motifs is 1. The number of aromatic nitrogens is 1. The molecule has 8 heteroatoms. The van der Waals surface area contributed by atoms with Crippen LogP contribution in [0.4, 0.5) is 0 Å². The molecule has 2 N–H and O–H groups in total. The maximum absolute atomic E-state index is 13.0. The van der Waals surface area contributed by atoms with Gasteiger partial charge in [-0.1, -0.05) is 35.5 Å². The van der Waals surface area contributed by atoms with Gasteiger partial charge in [0.2, 0.25) is 11.8 Å². The van der Waals surface area contributed by atoms with Gasteiger partial charge in [0.25, 0.3) is 5.91 Å². The summed E-state index contributed by atoms with van der Waals surface area (Å²) in [5.41, 5.74) is 7.44. The first-order valence-electron chi connectivity index (χ1n) is 9.26. The van der Waals surface area contributed by atoms with Crippen LogP contribution < -0.4 is 5.73 Å². The van der Waals surface area contributed by atoms with Crippen LogP contribution in [0, 0.1) is 19.8 Å². The first-order valence-corrected chi connectivity index (χ1v) is 9.26. The van der Waals surface area contributed by atoms with Gasteiger partial charge >= 0.3 is 0 Å². The van der Waals surface area contributed by atoms with Crippen molar-refractivity contribution in [1.29, 1.82) is 0 Å². The third kappa shape index (κ3) is 2.85. The molecule has 3 atom stereocenters. The van der Waals surface area contributed by atoms with E-state index >= 15 is 0 Å². The molecule has 4 rings (SSSR count). The molecular formula is C20H22N4O4. The Balaban J connectivity index is 1.64. The lowest BCUT2D eigenvalue weighted by Gasteiger charge is -2.40. The predicted molar refractivity (Wildman–Crippen MR) is 99.0 cm³/mol. The zero-order chi connectivity index (χ0) is 20.0. The summed E-state index contributed by atoms with van der Waals surface area (Å²) in [7, 11) is 0. The standard InChI is InChI=1S/C20H22N4O4/c1-11-17(12(2)28-22-11)20(27)23-9-14-8-15(19(21)26)18(24(14)16(25)10-23)13-6-4-3-5-7-13/h3-7,14-15,18H,8-10H2,1-2H3,(H2,21,26)/t14-,15-,18-/m1/s1. The van der Waals surface area contributed by atoms with Crippen molar-refractivity contribution in [3.05, 3.63) is 52.9 Å². The zero-order valence-corrected chi connectivity index (χ0v) is 15.8. The molecule has 2 saturated heterocycles. The maximum Gasteiger partial charge on any atom is 0.259 e. The quantitative estimate of drug-likeness (QED) is 0.857. The zero-order valence-electron chi connectivity index (χ0n) is 15.8. The number of primary amides is 1. The number of nitrogens with zero attached hydrogens (tertiary/aromatic N) is 3. The molecule has 0 spiro atoms. The molecule has 0 saturated carbocycles. The maximum atomic E-state index is 13.0. The third-order valence-corrected chi connectivity index (χ3v) is 5.69. The molecule has 0 unspecified atom stereocenters. The number of nitrogens with two attached hydrogens (primary N) is 1. The van der Waals surface area contributed by atoms with Gasteiger partial charge in [0.1, 0.15) is 17.9 Å². The van der Waals surface area contributed by atoms with Gasteiger partial charge in [0.15, 0.2) is 0 Å². The predicted octanol–water partition coefficient (Wildman–Crippen LogP) is 1.19. The van der Waals surface area contributed by atoms with E-state index < -0.39 is 17.9 Å². The second kappa shape index (κ2) is 6.78. The first kappa shape index (κ1) is 18.2. The van der Waals surface area contributed by atoms with E-state index in [0.29, 0.717) is 30.0 Å². The molecule has 3 amide bonds. The van der Waals surface area contributed by atoms with Crippen LogP contribution in [-0.4, -0.2) is 51.8 Å². The van der Waals surface area contributed by atoms with Crippen molar-refractivity contribution < 1.29 is 18.9 Å². The van der Waals surface area contributed by atoms with Crippen LogP contribution in [0.5, 0.6) is 0 Å². The number of amides is 3. The molecule has 146 valence electrons. The lowest BCUT2D eigenvalue weighted by Crippen LogP contribution is -2.56. The van der Waals surface area contributed by atoms with Crippen LogP contribution in [0.3, 0.4) is 0 Å². The largest absolute Gasteiger partial charge is 0.369 e. The monoisotopic (exact) mass is 382 g/mol. The number of benzene rings is 1. The van der Waals surface area contributed by atoms with Crippen LogP contribution in [0.15, 0.2) is 34.9 Å². The van der Waals surface area contributed by atoms with Gasteiger partial charge in [-0.2, -0.15) is 0 Å². The number of hydrogen-bond donors (Lipinski definition) is 1. The Bertz CT molecular complexity index is 919. The smallest absolute Gasteiger partial charge is 0.259 e. The van der Waals surface area contributed by atoms with E-state index in [9.17, 15) is 14.4 Å². The number of piperazine rings is 1. The van der Waals surface area contributed by atoms with Crippen molar-refractivity contribution in [2.45, 2.75) is 32.4 Å². The fourth-order valence-electron chi connectivity index (χ4n) is 4.46. The van der Waals surface area contributed by atoms with E-state index in [2.05, 4.69) is 5.16 Å². The molecule has 1 aromatic heterocycles. The Morgan fingerprint density at radius 2 is 1.93 bits per heavy atom. The molecule has 0 aliphatic carbocycles. The molecule has 2 aliphatic heterocycles. The average molecular weight is 382 g/mol. The van der Waals surface area contributed by atoms with Gasteiger partial charge in [-0.15, -0.1) is 0 Å². The number of carbonyl (C=O) groups excluding carboxylic acids is 3. The highest BCUT2D eigenvalue weighted by Crippen LogP contribution is 2.42. The fraction of sp³-hybridized carbons (Fsp3) is 0.400. The van der Waals surface area contributed by atoms with Crippen molar-refractivity contribution in [2.75, 3.05) is 13.1 Å². The van der Waals surface area contributed by atoms with Crippen molar-refractivity contribution >= 4 is 17.7 Å². The molecule has 2 aromatic rings. The molecule has 2 fully saturated rings. The molecule has 8 nitrogen and oxygen atoms in total. The van der Waals surface area contributed by atoms with E-state index in [0.717, 1.165) is 5.56 Å². The van der Waals surface area contributed by atoms with E-state index in [-0.39, 0.29) is 24.4 Å². The summed E-state index contributed by atoms with van der Waals surface area (Å²) in [5, 5.41) is 3.83. The second-order valence-corrected chi connectivity index (χ2v) is 7.44. The van der Waals surface area contributed by atoms with Gasteiger partial charge in [0, 0.05) is 6.54 Å². The van der Waals surface area contributed by atoms with Gasteiger partial charge in [-0.05, 0) is 25.8 Å². The van der Waals surface area contributed by atoms with E-state index in [1.165, 1.54) is 4.90 Å². The van der Waals surface area contributed by atoms with Gasteiger partial charge in [-0.3, -0.25) is 14.4 Å². The van der Waals surface area contributed by atoms with Crippen LogP contribution in [0.2, 0.25) is 0 Å². The van der Waals surface area contributed by atoms with Crippen molar-refractivity contribution in [2.24, 2.45) is 11.7 Å². The summed E-state index contributed by atoms with van der Waals surface area (Å²) in [6, 6.07) is 8.79. The topological polar surface area (TPSA) is 110 Å². The Kier molecular flexibility index (Phi) is 4.41. The van der Waals surface area contributed by atoms with Crippen molar-refractivity contribution in [3.63, 3.8) is 0 Å². The SMILES string of the molecule is Cc1noc(C)c1C(=O)N1CC(=O)N2[C@H](C[C@@H](C(N)=O)[C@H]2c2ccccc2)C1. The fourth-order valence-corrected chi connectivity index (χ4v) is 4.46. The van der Waals surface area contributed by atoms with E-state index in [4.69, 9.17) is 10.3 Å². The Labute approximate surface area is 162 Å². The van der Waals surface area contributed by atoms with Gasteiger partial charge in [0.05, 0.1) is 23.7 Å². The van der Waals surface area contributed by atoms with Crippen molar-refractivity contribution in [3.8, 4) is 0 Å².